The van der Waals surface area contributed by atoms with Gasteiger partial charge in [-0.05, 0) is 80.6 Å². The van der Waals surface area contributed by atoms with E-state index >= 15 is 0 Å². The van der Waals surface area contributed by atoms with Crippen molar-refractivity contribution in [2.75, 3.05) is 14.2 Å². The van der Waals surface area contributed by atoms with Crippen molar-refractivity contribution in [3.63, 3.8) is 0 Å². The molecule has 0 saturated heterocycles. The highest BCUT2D eigenvalue weighted by atomic mass is 16.5. The van der Waals surface area contributed by atoms with Gasteiger partial charge >= 0.3 is 0 Å². The quantitative estimate of drug-likeness (QED) is 0.463. The second-order valence-corrected chi connectivity index (χ2v) is 6.76. The van der Waals surface area contributed by atoms with Gasteiger partial charge in [-0.25, -0.2) is 0 Å². The molecule has 0 aromatic heterocycles. The Morgan fingerprint density at radius 1 is 0.625 bits per heavy atom. The fraction of sp³-hybridized carbons (Fsp3) is 0.273. The van der Waals surface area contributed by atoms with Crippen LogP contribution in [0.3, 0.4) is 0 Å². The van der Waals surface area contributed by atoms with Gasteiger partial charge in [-0.1, -0.05) is 24.3 Å². The first-order valence-electron chi connectivity index (χ1n) is 8.32. The molecule has 0 saturated carbocycles. The van der Waals surface area contributed by atoms with Gasteiger partial charge in [0, 0.05) is 14.2 Å². The maximum absolute atomic E-state index is 5.47. The molecule has 0 atom stereocenters. The van der Waals surface area contributed by atoms with Crippen LogP contribution in [0.4, 0.5) is 0 Å². The number of hydrogen-bond donors (Lipinski definition) is 0. The van der Waals surface area contributed by atoms with Crippen LogP contribution in [0.2, 0.25) is 0 Å². The normalized spacial score (nSPS) is 12.0. The summed E-state index contributed by atoms with van der Waals surface area (Å²) >= 11 is 0. The van der Waals surface area contributed by atoms with Gasteiger partial charge in [0.1, 0.15) is 0 Å². The number of ether oxygens (including phenoxy) is 2. The molecule has 0 amide bonds. The summed E-state index contributed by atoms with van der Waals surface area (Å²) in [5.41, 5.74) is 5.06. The highest BCUT2D eigenvalue weighted by molar-refractivity contribution is 6.24. The number of benzene rings is 4. The van der Waals surface area contributed by atoms with Crippen molar-refractivity contribution in [2.45, 2.75) is 27.1 Å². The van der Waals surface area contributed by atoms with Crippen molar-refractivity contribution in [1.82, 2.24) is 0 Å². The van der Waals surface area contributed by atoms with Crippen LogP contribution in [-0.2, 0) is 22.7 Å². The number of methoxy groups -OCH3 is 2. The van der Waals surface area contributed by atoms with E-state index in [9.17, 15) is 0 Å². The fourth-order valence-corrected chi connectivity index (χ4v) is 4.00. The molecule has 24 heavy (non-hydrogen) atoms. The van der Waals surface area contributed by atoms with E-state index < -0.39 is 0 Å². The molecular weight excluding hydrogens is 296 g/mol. The van der Waals surface area contributed by atoms with Crippen LogP contribution in [0.5, 0.6) is 0 Å². The molecule has 0 heterocycles. The first-order valence-corrected chi connectivity index (χ1v) is 8.32. The Morgan fingerprint density at radius 3 is 1.42 bits per heavy atom. The molecule has 0 aliphatic carbocycles. The minimum atomic E-state index is 0.632. The Morgan fingerprint density at radius 2 is 1.04 bits per heavy atom. The predicted octanol–water partition coefficient (Wildman–Crippen LogP) is 5.49. The molecular formula is C22H22O2. The number of hydrogen-bond acceptors (Lipinski definition) is 2. The molecule has 0 aliphatic rings. The standard InChI is InChI=1S/C22H22O2/c1-13-5-15-9-18(12-24-4)20-8-14(2)6-16-10-17(11-23-3)19(7-13)21(15)22(16)20/h5-10H,11-12H2,1-4H3. The minimum Gasteiger partial charge on any atom is -0.380 e. The minimum absolute atomic E-state index is 0.632. The van der Waals surface area contributed by atoms with E-state index in [-0.39, 0.29) is 0 Å². The van der Waals surface area contributed by atoms with E-state index in [1.165, 1.54) is 54.6 Å². The van der Waals surface area contributed by atoms with Crippen molar-refractivity contribution < 1.29 is 9.47 Å². The Bertz CT molecular complexity index is 961. The van der Waals surface area contributed by atoms with Crippen LogP contribution in [0.25, 0.3) is 32.3 Å². The summed E-state index contributed by atoms with van der Waals surface area (Å²) in [7, 11) is 3.52. The third-order valence-electron chi connectivity index (χ3n) is 4.83. The van der Waals surface area contributed by atoms with Gasteiger partial charge in [-0.3, -0.25) is 0 Å². The molecule has 4 aromatic rings. The summed E-state index contributed by atoms with van der Waals surface area (Å²) in [6.07, 6.45) is 0. The van der Waals surface area contributed by atoms with E-state index in [1.807, 2.05) is 0 Å². The van der Waals surface area contributed by atoms with Gasteiger partial charge < -0.3 is 9.47 Å². The van der Waals surface area contributed by atoms with Gasteiger partial charge in [0.05, 0.1) is 13.2 Å². The fourth-order valence-electron chi connectivity index (χ4n) is 4.00. The lowest BCUT2D eigenvalue weighted by Gasteiger charge is -2.18. The summed E-state index contributed by atoms with van der Waals surface area (Å²) in [5.74, 6) is 0. The SMILES string of the molecule is COCc1cc2cc(C)cc3c(COC)cc4cc(C)cc1c4c23. The second kappa shape index (κ2) is 5.73. The molecule has 2 heteroatoms. The molecule has 0 fully saturated rings. The van der Waals surface area contributed by atoms with Gasteiger partial charge in [-0.15, -0.1) is 0 Å². The highest BCUT2D eigenvalue weighted by Gasteiger charge is 2.15. The molecule has 122 valence electrons. The van der Waals surface area contributed by atoms with Crippen LogP contribution >= 0.6 is 0 Å². The van der Waals surface area contributed by atoms with Crippen LogP contribution < -0.4 is 0 Å². The van der Waals surface area contributed by atoms with Crippen LogP contribution in [-0.4, -0.2) is 14.2 Å². The topological polar surface area (TPSA) is 18.5 Å². The Hall–Kier alpha value is -2.16. The van der Waals surface area contributed by atoms with E-state index in [2.05, 4.69) is 50.2 Å². The monoisotopic (exact) mass is 318 g/mol. The first kappa shape index (κ1) is 15.4. The van der Waals surface area contributed by atoms with Crippen molar-refractivity contribution in [3.8, 4) is 0 Å². The highest BCUT2D eigenvalue weighted by Crippen LogP contribution is 2.40. The van der Waals surface area contributed by atoms with Gasteiger partial charge in [-0.2, -0.15) is 0 Å². The zero-order valence-electron chi connectivity index (χ0n) is 14.7. The average Bonchev–Trinajstić information content (AvgIpc) is 2.53. The maximum Gasteiger partial charge on any atom is 0.0719 e. The van der Waals surface area contributed by atoms with E-state index in [4.69, 9.17) is 9.47 Å². The largest absolute Gasteiger partial charge is 0.380 e. The Balaban J connectivity index is 2.26. The summed E-state index contributed by atoms with van der Waals surface area (Å²) < 4.78 is 10.9. The van der Waals surface area contributed by atoms with Crippen LogP contribution in [0, 0.1) is 13.8 Å². The Labute approximate surface area is 142 Å². The summed E-state index contributed by atoms with van der Waals surface area (Å²) in [5, 5.41) is 7.88. The molecule has 0 unspecified atom stereocenters. The summed E-state index contributed by atoms with van der Waals surface area (Å²) in [4.78, 5) is 0. The van der Waals surface area contributed by atoms with Gasteiger partial charge in [0.25, 0.3) is 0 Å². The van der Waals surface area contributed by atoms with Crippen LogP contribution in [0.15, 0.2) is 36.4 Å². The third kappa shape index (κ3) is 2.26. The molecule has 0 N–H and O–H groups in total. The van der Waals surface area contributed by atoms with Gasteiger partial charge in [0.2, 0.25) is 0 Å². The van der Waals surface area contributed by atoms with Crippen molar-refractivity contribution >= 4 is 32.3 Å². The average molecular weight is 318 g/mol. The summed E-state index contributed by atoms with van der Waals surface area (Å²) in [6.45, 7) is 5.58. The van der Waals surface area contributed by atoms with E-state index in [1.54, 1.807) is 14.2 Å². The smallest absolute Gasteiger partial charge is 0.0719 e. The van der Waals surface area contributed by atoms with E-state index in [0.29, 0.717) is 13.2 Å². The number of aryl methyl sites for hydroxylation is 2. The molecule has 0 bridgehead atoms. The molecule has 4 rings (SSSR count). The maximum atomic E-state index is 5.47. The number of rotatable bonds is 4. The molecule has 0 spiro atoms. The zero-order chi connectivity index (χ0) is 16.8. The molecule has 4 aromatic carbocycles. The molecule has 0 aliphatic heterocycles. The van der Waals surface area contributed by atoms with Gasteiger partial charge in [0.15, 0.2) is 0 Å². The predicted molar refractivity (Wildman–Crippen MR) is 101 cm³/mol. The lowest BCUT2D eigenvalue weighted by Crippen LogP contribution is -1.97. The first-order chi connectivity index (χ1) is 11.6. The van der Waals surface area contributed by atoms with Crippen LogP contribution in [0.1, 0.15) is 22.3 Å². The van der Waals surface area contributed by atoms with E-state index in [0.717, 1.165) is 0 Å². The second-order valence-electron chi connectivity index (χ2n) is 6.76. The molecule has 2 nitrogen and oxygen atoms in total. The zero-order valence-corrected chi connectivity index (χ0v) is 14.7. The Kier molecular flexibility index (Phi) is 3.67. The van der Waals surface area contributed by atoms with Crippen molar-refractivity contribution in [2.24, 2.45) is 0 Å². The lowest BCUT2D eigenvalue weighted by molar-refractivity contribution is 0.186. The molecule has 0 radical (unpaired) electrons. The van der Waals surface area contributed by atoms with Crippen molar-refractivity contribution in [1.29, 1.82) is 0 Å². The summed E-state index contributed by atoms with van der Waals surface area (Å²) in [6, 6.07) is 13.7. The lowest BCUT2D eigenvalue weighted by atomic mass is 9.87. The third-order valence-corrected chi connectivity index (χ3v) is 4.83. The van der Waals surface area contributed by atoms with Crippen molar-refractivity contribution in [3.05, 3.63) is 58.7 Å².